The van der Waals surface area contributed by atoms with Crippen LogP contribution in [0.5, 0.6) is 5.75 Å². The molecule has 71 heavy (non-hydrogen) atoms. The van der Waals surface area contributed by atoms with E-state index in [-0.39, 0.29) is 50.6 Å². The number of methoxy groups -OCH3 is 2. The molecule has 1 fully saturated rings. The second-order valence-corrected chi connectivity index (χ2v) is 15.6. The molecule has 2 aromatic carbocycles. The number of esters is 4. The van der Waals surface area contributed by atoms with E-state index in [2.05, 4.69) is 0 Å². The lowest BCUT2D eigenvalue weighted by Crippen LogP contribution is -2.64. The minimum atomic E-state index is -1.67. The normalized spacial score (nSPS) is 18.0. The fourth-order valence-electron chi connectivity index (χ4n) is 6.50. The minimum Gasteiger partial charge on any atom is -0.467 e. The zero-order chi connectivity index (χ0) is 51.6. The zero-order valence-electron chi connectivity index (χ0n) is 41.6. The molecule has 6 atom stereocenters. The summed E-state index contributed by atoms with van der Waals surface area (Å²) in [7, 11) is 2.70. The third-order valence-electron chi connectivity index (χ3n) is 9.82. The second kappa shape index (κ2) is 35.8. The van der Waals surface area contributed by atoms with Gasteiger partial charge in [-0.15, -0.1) is 0 Å². The molecule has 2 aromatic rings. The first-order valence-corrected chi connectivity index (χ1v) is 23.2. The molecular formula is C48H72N2O21. The van der Waals surface area contributed by atoms with Gasteiger partial charge >= 0.3 is 30.0 Å². The Morgan fingerprint density at radius 2 is 1.11 bits per heavy atom. The number of carbonyl (C=O) groups excluding carboxylic acids is 5. The average Bonchev–Trinajstić information content (AvgIpc) is 3.33. The van der Waals surface area contributed by atoms with Crippen LogP contribution in [0.3, 0.4) is 0 Å². The van der Waals surface area contributed by atoms with Gasteiger partial charge in [-0.05, 0) is 36.6 Å². The number of amides is 1. The quantitative estimate of drug-likeness (QED) is 0.0335. The van der Waals surface area contributed by atoms with Crippen molar-refractivity contribution in [2.24, 2.45) is 0 Å². The monoisotopic (exact) mass is 1010 g/mol. The predicted molar refractivity (Wildman–Crippen MR) is 249 cm³/mol. The summed E-state index contributed by atoms with van der Waals surface area (Å²) in [5.74, 6) is -3.53. The van der Waals surface area contributed by atoms with Crippen molar-refractivity contribution in [2.45, 2.75) is 77.5 Å². The molecule has 1 unspecified atom stereocenters. The molecule has 1 amide bonds. The molecule has 1 saturated heterocycles. The highest BCUT2D eigenvalue weighted by Crippen LogP contribution is 2.33. The van der Waals surface area contributed by atoms with E-state index in [4.69, 9.17) is 81.5 Å². The average molecular weight is 1010 g/mol. The summed E-state index contributed by atoms with van der Waals surface area (Å²) in [6.07, 6.45) is -8.27. The Balaban J connectivity index is 1.46. The van der Waals surface area contributed by atoms with Gasteiger partial charge in [-0.3, -0.25) is 19.3 Å². The van der Waals surface area contributed by atoms with E-state index in [1.54, 1.807) is 13.2 Å². The van der Waals surface area contributed by atoms with Crippen LogP contribution < -0.4 is 10.5 Å². The number of hydrogen-bond donors (Lipinski definition) is 1. The van der Waals surface area contributed by atoms with Gasteiger partial charge in [0.05, 0.1) is 118 Å². The van der Waals surface area contributed by atoms with Gasteiger partial charge in [0.25, 0.3) is 0 Å². The van der Waals surface area contributed by atoms with E-state index in [0.29, 0.717) is 97.9 Å². The molecule has 0 aliphatic carbocycles. The van der Waals surface area contributed by atoms with Crippen LogP contribution in [0.4, 0.5) is 10.5 Å². The van der Waals surface area contributed by atoms with E-state index in [9.17, 15) is 24.0 Å². The molecule has 23 heteroatoms. The van der Waals surface area contributed by atoms with Gasteiger partial charge in [-0.25, -0.2) is 9.59 Å². The topological polar surface area (TPSA) is 262 Å². The number of nitrogens with two attached hydrogens (primary N) is 1. The predicted octanol–water partition coefficient (Wildman–Crippen LogP) is 2.65. The summed E-state index contributed by atoms with van der Waals surface area (Å²) in [5.41, 5.74) is 7.94. The SMILES string of the molecule is COCCOCCOCCOCCOCCOCCOCCOCCN(COC(C)Cc1ccccc1)C(=O)OCc1ccc(O[C@@H]2O[C@H](C(=O)OC)[C@@H](OC(C)=O)[C@H](OC(C)=O)[C@H]2OC(C)=O)c(N)c1. The van der Waals surface area contributed by atoms with E-state index in [0.717, 1.165) is 33.4 Å². The van der Waals surface area contributed by atoms with Gasteiger partial charge in [0.15, 0.2) is 18.3 Å². The van der Waals surface area contributed by atoms with Crippen molar-refractivity contribution in [3.05, 3.63) is 59.7 Å². The summed E-state index contributed by atoms with van der Waals surface area (Å²) in [6.45, 7) is 11.3. The Hall–Kier alpha value is -5.21. The summed E-state index contributed by atoms with van der Waals surface area (Å²) in [6, 6.07) is 14.3. The zero-order valence-corrected chi connectivity index (χ0v) is 41.6. The highest BCUT2D eigenvalue weighted by atomic mass is 16.7. The molecule has 3 rings (SSSR count). The van der Waals surface area contributed by atoms with Crippen LogP contribution in [0.2, 0.25) is 0 Å². The molecule has 1 heterocycles. The van der Waals surface area contributed by atoms with Crippen LogP contribution in [0, 0.1) is 0 Å². The van der Waals surface area contributed by atoms with Gasteiger partial charge in [0.2, 0.25) is 12.4 Å². The summed E-state index contributed by atoms with van der Waals surface area (Å²) < 4.78 is 88.0. The summed E-state index contributed by atoms with van der Waals surface area (Å²) >= 11 is 0. The van der Waals surface area contributed by atoms with E-state index in [1.165, 1.54) is 17.0 Å². The van der Waals surface area contributed by atoms with Gasteiger partial charge in [0.1, 0.15) is 19.1 Å². The number of ether oxygens (including phenoxy) is 16. The summed E-state index contributed by atoms with van der Waals surface area (Å²) in [5, 5.41) is 0. The maximum atomic E-state index is 13.5. The van der Waals surface area contributed by atoms with Gasteiger partial charge in [-0.2, -0.15) is 0 Å². The third kappa shape index (κ3) is 25.1. The van der Waals surface area contributed by atoms with Crippen LogP contribution in [0.25, 0.3) is 0 Å². The van der Waals surface area contributed by atoms with Crippen LogP contribution in [-0.2, 0) is 103 Å². The fraction of sp³-hybridized carbons (Fsp3) is 0.646. The number of carbonyl (C=O) groups is 5. The van der Waals surface area contributed by atoms with E-state index in [1.807, 2.05) is 37.3 Å². The molecule has 1 aliphatic rings. The minimum absolute atomic E-state index is 0.00713. The first kappa shape index (κ1) is 60.1. The molecular weight excluding hydrogens is 941 g/mol. The number of hydrogen-bond acceptors (Lipinski definition) is 22. The smallest absolute Gasteiger partial charge is 0.412 e. The maximum absolute atomic E-state index is 13.5. The largest absolute Gasteiger partial charge is 0.467 e. The molecule has 0 radical (unpaired) electrons. The maximum Gasteiger partial charge on any atom is 0.412 e. The lowest BCUT2D eigenvalue weighted by atomic mass is 9.97. The lowest BCUT2D eigenvalue weighted by molar-refractivity contribution is -0.282. The first-order valence-electron chi connectivity index (χ1n) is 23.2. The lowest BCUT2D eigenvalue weighted by Gasteiger charge is -2.43. The Morgan fingerprint density at radius 3 is 1.61 bits per heavy atom. The van der Waals surface area contributed by atoms with Crippen molar-refractivity contribution in [3.8, 4) is 5.75 Å². The van der Waals surface area contributed by atoms with Crippen LogP contribution in [0.1, 0.15) is 38.8 Å². The van der Waals surface area contributed by atoms with Crippen LogP contribution in [-0.4, -0.2) is 198 Å². The molecule has 0 saturated carbocycles. The van der Waals surface area contributed by atoms with Crippen molar-refractivity contribution in [1.29, 1.82) is 0 Å². The van der Waals surface area contributed by atoms with Crippen molar-refractivity contribution < 1.29 is 99.8 Å². The van der Waals surface area contributed by atoms with Crippen LogP contribution >= 0.6 is 0 Å². The number of nitrogens with zero attached hydrogens (tertiary/aromatic N) is 1. The number of anilines is 1. The van der Waals surface area contributed by atoms with Crippen molar-refractivity contribution in [2.75, 3.05) is 132 Å². The van der Waals surface area contributed by atoms with Gasteiger partial charge < -0.3 is 81.5 Å². The Kier molecular flexibility index (Phi) is 30.3. The second-order valence-electron chi connectivity index (χ2n) is 15.6. The number of benzene rings is 2. The third-order valence-corrected chi connectivity index (χ3v) is 9.82. The van der Waals surface area contributed by atoms with E-state index < -0.39 is 60.7 Å². The van der Waals surface area contributed by atoms with Crippen LogP contribution in [0.15, 0.2) is 48.5 Å². The molecule has 2 N–H and O–H groups in total. The van der Waals surface area contributed by atoms with Crippen molar-refractivity contribution >= 4 is 35.7 Å². The van der Waals surface area contributed by atoms with Crippen molar-refractivity contribution in [1.82, 2.24) is 4.90 Å². The van der Waals surface area contributed by atoms with Crippen molar-refractivity contribution in [3.63, 3.8) is 0 Å². The Bertz CT molecular complexity index is 1830. The van der Waals surface area contributed by atoms with E-state index >= 15 is 0 Å². The molecule has 400 valence electrons. The molecule has 0 bridgehead atoms. The standard InChI is InChI=1S/C48H72N2O21/c1-34(30-38-10-8-7-9-11-38)66-33-50(14-15-58-18-19-60-22-23-62-26-27-64-29-28-63-25-24-61-21-20-59-17-16-56-5)48(55)65-32-39-12-13-41(40(49)31-39)70-47-45(69-37(4)53)43(68-36(3)52)42(67-35(2)51)44(71-47)46(54)57-6/h7-13,31,34,42-45,47H,14-30,32-33,49H2,1-6H3/t34?,42-,43-,44-,45+,47+/m0/s1. The molecule has 0 aromatic heterocycles. The van der Waals surface area contributed by atoms with Gasteiger partial charge in [-0.1, -0.05) is 36.4 Å². The Morgan fingerprint density at radius 1 is 0.620 bits per heavy atom. The highest BCUT2D eigenvalue weighted by molar-refractivity contribution is 5.77. The number of nitrogen functional groups attached to an aromatic ring is 1. The molecule has 23 nitrogen and oxygen atoms in total. The first-order chi connectivity index (χ1) is 34.3. The molecule has 0 spiro atoms. The molecule has 1 aliphatic heterocycles. The Labute approximate surface area is 414 Å². The van der Waals surface area contributed by atoms with Gasteiger partial charge in [0, 0.05) is 34.4 Å². The highest BCUT2D eigenvalue weighted by Gasteiger charge is 2.56. The summed E-state index contributed by atoms with van der Waals surface area (Å²) in [4.78, 5) is 64.1. The number of rotatable bonds is 37. The fourth-order valence-corrected chi connectivity index (χ4v) is 6.50.